The molecule has 17 heavy (non-hydrogen) atoms. The highest BCUT2D eigenvalue weighted by atomic mass is 15.1. The second-order valence-electron chi connectivity index (χ2n) is 5.54. The monoisotopic (exact) mass is 228 g/mol. The maximum Gasteiger partial charge on any atom is 0.0320 e. The van der Waals surface area contributed by atoms with Crippen molar-refractivity contribution in [3.63, 3.8) is 0 Å². The average molecular weight is 228 g/mol. The molecule has 1 unspecified atom stereocenters. The second kappa shape index (κ2) is 3.88. The molecule has 1 atom stereocenters. The van der Waals surface area contributed by atoms with Crippen LogP contribution in [-0.4, -0.2) is 25.0 Å². The Hall–Kier alpha value is -1.28. The number of hydrogen-bond donors (Lipinski definition) is 1. The summed E-state index contributed by atoms with van der Waals surface area (Å²) in [7, 11) is 2.21. The minimum Gasteiger partial charge on any atom is -0.399 e. The number of benzene rings is 1. The van der Waals surface area contributed by atoms with Crippen molar-refractivity contribution in [2.75, 3.05) is 25.9 Å². The van der Waals surface area contributed by atoms with Gasteiger partial charge < -0.3 is 10.6 Å². The first-order chi connectivity index (χ1) is 8.15. The molecule has 1 aromatic carbocycles. The summed E-state index contributed by atoms with van der Waals surface area (Å²) in [6, 6.07) is 6.38. The lowest BCUT2D eigenvalue weighted by atomic mass is 9.91. The zero-order chi connectivity index (χ0) is 12.0. The Balaban J connectivity index is 2.00. The normalized spacial score (nSPS) is 24.5. The summed E-state index contributed by atoms with van der Waals surface area (Å²) in [4.78, 5) is 2.43. The number of rotatable bonds is 1. The lowest BCUT2D eigenvalue weighted by Crippen LogP contribution is -2.14. The van der Waals surface area contributed by atoms with Crippen molar-refractivity contribution in [3.05, 3.63) is 34.9 Å². The molecule has 0 bridgehead atoms. The zero-order valence-corrected chi connectivity index (χ0v) is 10.7. The number of likely N-dealkylation sites (tertiary alicyclic amines) is 1. The van der Waals surface area contributed by atoms with Crippen molar-refractivity contribution in [1.82, 2.24) is 4.90 Å². The number of nitrogens with two attached hydrogens (primary N) is 1. The van der Waals surface area contributed by atoms with E-state index in [1.807, 2.05) is 6.07 Å². The Morgan fingerprint density at radius 1 is 1.35 bits per heavy atom. The minimum absolute atomic E-state index is 0.711. The minimum atomic E-state index is 0.711. The largest absolute Gasteiger partial charge is 0.399 e. The molecule has 2 N–H and O–H groups in total. The average Bonchev–Trinajstić information content (AvgIpc) is 2.81. The second-order valence-corrected chi connectivity index (χ2v) is 5.54. The fourth-order valence-electron chi connectivity index (χ4n) is 3.35. The van der Waals surface area contributed by atoms with E-state index in [1.54, 1.807) is 11.1 Å². The lowest BCUT2D eigenvalue weighted by Gasteiger charge is -2.15. The van der Waals surface area contributed by atoms with Crippen LogP contribution in [0.15, 0.2) is 23.8 Å². The SMILES string of the molecule is CC1=C(C2CCN(C)C2)c2cc(N)ccc2C1. The molecule has 2 nitrogen and oxygen atoms in total. The fourth-order valence-corrected chi connectivity index (χ4v) is 3.35. The summed E-state index contributed by atoms with van der Waals surface area (Å²) in [6.07, 6.45) is 2.41. The van der Waals surface area contributed by atoms with Crippen LogP contribution in [0.2, 0.25) is 0 Å². The highest BCUT2D eigenvalue weighted by Crippen LogP contribution is 2.41. The van der Waals surface area contributed by atoms with Crippen molar-refractivity contribution in [1.29, 1.82) is 0 Å². The number of nitrogens with zero attached hydrogens (tertiary/aromatic N) is 1. The molecular weight excluding hydrogens is 208 g/mol. The molecule has 0 saturated carbocycles. The van der Waals surface area contributed by atoms with Crippen LogP contribution in [0, 0.1) is 5.92 Å². The van der Waals surface area contributed by atoms with Crippen molar-refractivity contribution in [3.8, 4) is 0 Å². The van der Waals surface area contributed by atoms with Gasteiger partial charge in [-0.2, -0.15) is 0 Å². The van der Waals surface area contributed by atoms with E-state index >= 15 is 0 Å². The molecule has 90 valence electrons. The van der Waals surface area contributed by atoms with E-state index in [-0.39, 0.29) is 0 Å². The van der Waals surface area contributed by atoms with Crippen LogP contribution in [0.4, 0.5) is 5.69 Å². The van der Waals surface area contributed by atoms with Crippen LogP contribution >= 0.6 is 0 Å². The summed E-state index contributed by atoms with van der Waals surface area (Å²) in [6.45, 7) is 4.70. The molecule has 0 aromatic heterocycles. The predicted molar refractivity (Wildman–Crippen MR) is 72.8 cm³/mol. The van der Waals surface area contributed by atoms with E-state index in [0.29, 0.717) is 5.92 Å². The zero-order valence-electron chi connectivity index (χ0n) is 10.7. The van der Waals surface area contributed by atoms with Crippen LogP contribution in [0.3, 0.4) is 0 Å². The standard InChI is InChI=1S/C15H20N2/c1-10-7-11-3-4-13(16)8-14(11)15(10)12-5-6-17(2)9-12/h3-4,8,12H,5-7,9,16H2,1-2H3. The first-order valence-electron chi connectivity index (χ1n) is 6.42. The number of hydrogen-bond acceptors (Lipinski definition) is 2. The molecule has 1 aliphatic heterocycles. The molecular formula is C15H20N2. The number of anilines is 1. The molecule has 2 aliphatic rings. The molecule has 1 aliphatic carbocycles. The third-order valence-corrected chi connectivity index (χ3v) is 4.14. The van der Waals surface area contributed by atoms with Gasteiger partial charge >= 0.3 is 0 Å². The Morgan fingerprint density at radius 3 is 2.88 bits per heavy atom. The number of nitrogen functional groups attached to an aromatic ring is 1. The molecule has 0 spiro atoms. The summed E-state index contributed by atoms with van der Waals surface area (Å²) in [5, 5.41) is 0. The smallest absolute Gasteiger partial charge is 0.0320 e. The van der Waals surface area contributed by atoms with Gasteiger partial charge in [0.25, 0.3) is 0 Å². The van der Waals surface area contributed by atoms with Gasteiger partial charge in [0, 0.05) is 12.2 Å². The lowest BCUT2D eigenvalue weighted by molar-refractivity contribution is 0.409. The fraction of sp³-hybridized carbons (Fsp3) is 0.467. The van der Waals surface area contributed by atoms with Gasteiger partial charge in [-0.15, -0.1) is 0 Å². The Labute approximate surface area is 103 Å². The summed E-state index contributed by atoms with van der Waals surface area (Å²) >= 11 is 0. The maximum absolute atomic E-state index is 5.93. The summed E-state index contributed by atoms with van der Waals surface area (Å²) in [5.41, 5.74) is 12.8. The number of fused-ring (bicyclic) bond motifs is 1. The van der Waals surface area contributed by atoms with E-state index in [2.05, 4.69) is 31.0 Å². The van der Waals surface area contributed by atoms with Crippen LogP contribution in [0.25, 0.3) is 5.57 Å². The van der Waals surface area contributed by atoms with Crippen LogP contribution in [0.1, 0.15) is 24.5 Å². The molecule has 1 aromatic rings. The van der Waals surface area contributed by atoms with Crippen molar-refractivity contribution in [2.24, 2.45) is 5.92 Å². The summed E-state index contributed by atoms with van der Waals surface area (Å²) < 4.78 is 0. The Bertz CT molecular complexity index is 488. The topological polar surface area (TPSA) is 29.3 Å². The van der Waals surface area contributed by atoms with Crippen molar-refractivity contribution in [2.45, 2.75) is 19.8 Å². The van der Waals surface area contributed by atoms with Gasteiger partial charge in [-0.3, -0.25) is 0 Å². The van der Waals surface area contributed by atoms with E-state index in [1.165, 1.54) is 30.6 Å². The molecule has 0 radical (unpaired) electrons. The van der Waals surface area contributed by atoms with Crippen molar-refractivity contribution < 1.29 is 0 Å². The van der Waals surface area contributed by atoms with E-state index in [9.17, 15) is 0 Å². The van der Waals surface area contributed by atoms with Gasteiger partial charge in [-0.25, -0.2) is 0 Å². The first-order valence-corrected chi connectivity index (χ1v) is 6.42. The maximum atomic E-state index is 5.93. The molecule has 3 rings (SSSR count). The van der Waals surface area contributed by atoms with Crippen molar-refractivity contribution >= 4 is 11.3 Å². The van der Waals surface area contributed by atoms with Crippen LogP contribution < -0.4 is 5.73 Å². The summed E-state index contributed by atoms with van der Waals surface area (Å²) in [5.74, 6) is 0.711. The highest BCUT2D eigenvalue weighted by Gasteiger charge is 2.29. The van der Waals surface area contributed by atoms with Gasteiger partial charge in [0.2, 0.25) is 0 Å². The predicted octanol–water partition coefficient (Wildman–Crippen LogP) is 2.55. The third kappa shape index (κ3) is 1.77. The van der Waals surface area contributed by atoms with Gasteiger partial charge in [0.15, 0.2) is 0 Å². The molecule has 0 amide bonds. The van der Waals surface area contributed by atoms with E-state index in [4.69, 9.17) is 5.73 Å². The molecule has 1 saturated heterocycles. The molecule has 1 fully saturated rings. The van der Waals surface area contributed by atoms with E-state index in [0.717, 1.165) is 12.1 Å². The van der Waals surface area contributed by atoms with Gasteiger partial charge in [0.1, 0.15) is 0 Å². The Morgan fingerprint density at radius 2 is 2.18 bits per heavy atom. The quantitative estimate of drug-likeness (QED) is 0.748. The molecule has 2 heteroatoms. The van der Waals surface area contributed by atoms with Gasteiger partial charge in [-0.05, 0) is 68.1 Å². The first kappa shape index (κ1) is 10.8. The van der Waals surface area contributed by atoms with Gasteiger partial charge in [-0.1, -0.05) is 11.6 Å². The van der Waals surface area contributed by atoms with Crippen LogP contribution in [-0.2, 0) is 6.42 Å². The third-order valence-electron chi connectivity index (χ3n) is 4.14. The highest BCUT2D eigenvalue weighted by molar-refractivity contribution is 5.79. The van der Waals surface area contributed by atoms with Gasteiger partial charge in [0.05, 0.1) is 0 Å². The number of allylic oxidation sites excluding steroid dienone is 1. The molecule has 1 heterocycles. The van der Waals surface area contributed by atoms with Crippen LogP contribution in [0.5, 0.6) is 0 Å². The Kier molecular flexibility index (Phi) is 2.48. The van der Waals surface area contributed by atoms with E-state index < -0.39 is 0 Å².